The van der Waals surface area contributed by atoms with Crippen LogP contribution in [-0.2, 0) is 0 Å². The van der Waals surface area contributed by atoms with Gasteiger partial charge in [0, 0.05) is 13.6 Å². The molecule has 21 heavy (non-hydrogen) atoms. The maximum absolute atomic E-state index is 14.3. The molecule has 0 aromatic carbocycles. The number of ether oxygens (including phenoxy) is 1. The summed E-state index contributed by atoms with van der Waals surface area (Å²) in [6.45, 7) is 9.08. The first-order chi connectivity index (χ1) is 9.95. The Morgan fingerprint density at radius 2 is 2.05 bits per heavy atom. The first-order valence-electron chi connectivity index (χ1n) is 7.19. The number of halogens is 1. The van der Waals surface area contributed by atoms with Crippen LogP contribution in [0.1, 0.15) is 34.1 Å². The summed E-state index contributed by atoms with van der Waals surface area (Å²) in [5.41, 5.74) is 0. The van der Waals surface area contributed by atoms with Gasteiger partial charge >= 0.3 is 0 Å². The summed E-state index contributed by atoms with van der Waals surface area (Å²) < 4.78 is 19.5. The van der Waals surface area contributed by atoms with Crippen molar-refractivity contribution < 1.29 is 9.13 Å². The molecular formula is C16H24FN3O. The smallest absolute Gasteiger partial charge is 0.256 e. The van der Waals surface area contributed by atoms with Crippen molar-refractivity contribution in [2.75, 3.05) is 25.1 Å². The zero-order chi connectivity index (χ0) is 15.8. The molecule has 0 spiro atoms. The van der Waals surface area contributed by atoms with E-state index in [1.165, 1.54) is 6.33 Å². The zero-order valence-electron chi connectivity index (χ0n) is 13.5. The minimum Gasteiger partial charge on any atom is -0.462 e. The molecule has 1 atom stereocenters. The lowest BCUT2D eigenvalue weighted by Crippen LogP contribution is -2.26. The van der Waals surface area contributed by atoms with Crippen LogP contribution in [0.3, 0.4) is 0 Å². The summed E-state index contributed by atoms with van der Waals surface area (Å²) in [7, 11) is 1.83. The molecule has 0 saturated heterocycles. The van der Waals surface area contributed by atoms with Gasteiger partial charge in [0.2, 0.25) is 5.82 Å². The summed E-state index contributed by atoms with van der Waals surface area (Å²) >= 11 is 0. The van der Waals surface area contributed by atoms with Gasteiger partial charge in [-0.2, -0.15) is 9.37 Å². The Morgan fingerprint density at radius 1 is 1.33 bits per heavy atom. The number of rotatable bonds is 7. The number of nitrogens with zero attached hydrogens (tertiary/aromatic N) is 3. The molecule has 0 fully saturated rings. The molecule has 1 heterocycles. The van der Waals surface area contributed by atoms with E-state index in [1.807, 2.05) is 11.9 Å². The fourth-order valence-electron chi connectivity index (χ4n) is 2.32. The lowest BCUT2D eigenvalue weighted by atomic mass is 9.98. The maximum Gasteiger partial charge on any atom is 0.256 e. The van der Waals surface area contributed by atoms with Crippen molar-refractivity contribution in [2.24, 2.45) is 11.8 Å². The molecule has 0 amide bonds. The standard InChI is InChI=1S/C16H24FN3O/c1-6-7-8-21-16-14(17)15(18-11-19-16)20(5)10-13(4)9-12(2)3/h11-13H,8-10H2,1-5H3. The Bertz CT molecular complexity index is 508. The van der Waals surface area contributed by atoms with Crippen LogP contribution < -0.4 is 9.64 Å². The minimum atomic E-state index is -0.533. The van der Waals surface area contributed by atoms with Crippen molar-refractivity contribution in [3.63, 3.8) is 0 Å². The first-order valence-corrected chi connectivity index (χ1v) is 7.19. The molecule has 116 valence electrons. The maximum atomic E-state index is 14.3. The van der Waals surface area contributed by atoms with E-state index in [0.29, 0.717) is 11.8 Å². The van der Waals surface area contributed by atoms with Gasteiger partial charge in [0.05, 0.1) is 0 Å². The second-order valence-corrected chi connectivity index (χ2v) is 5.65. The lowest BCUT2D eigenvalue weighted by Gasteiger charge is -2.24. The Kier molecular flexibility index (Phi) is 6.93. The van der Waals surface area contributed by atoms with Crippen LogP contribution in [0.4, 0.5) is 10.2 Å². The number of anilines is 1. The molecule has 0 radical (unpaired) electrons. The van der Waals surface area contributed by atoms with Crippen LogP contribution in [0.5, 0.6) is 5.88 Å². The van der Waals surface area contributed by atoms with E-state index in [-0.39, 0.29) is 18.3 Å². The molecule has 0 aliphatic heterocycles. The van der Waals surface area contributed by atoms with Crippen molar-refractivity contribution in [3.05, 3.63) is 12.1 Å². The SMILES string of the molecule is CC#CCOc1ncnc(N(C)CC(C)CC(C)C)c1F. The van der Waals surface area contributed by atoms with E-state index >= 15 is 0 Å². The van der Waals surface area contributed by atoms with Crippen LogP contribution in [0.2, 0.25) is 0 Å². The van der Waals surface area contributed by atoms with Crippen molar-refractivity contribution in [2.45, 2.75) is 34.1 Å². The Balaban J connectivity index is 2.76. The Morgan fingerprint density at radius 3 is 2.67 bits per heavy atom. The van der Waals surface area contributed by atoms with E-state index in [4.69, 9.17) is 4.74 Å². The van der Waals surface area contributed by atoms with Crippen LogP contribution in [0.15, 0.2) is 6.33 Å². The van der Waals surface area contributed by atoms with Gasteiger partial charge in [-0.1, -0.05) is 26.7 Å². The molecule has 4 nitrogen and oxygen atoms in total. The Hall–Kier alpha value is -1.83. The summed E-state index contributed by atoms with van der Waals surface area (Å²) in [6.07, 6.45) is 2.41. The molecule has 1 aromatic heterocycles. The van der Waals surface area contributed by atoms with Crippen molar-refractivity contribution >= 4 is 5.82 Å². The Labute approximate surface area is 126 Å². The summed E-state index contributed by atoms with van der Waals surface area (Å²) in [5, 5.41) is 0. The van der Waals surface area contributed by atoms with Gasteiger partial charge < -0.3 is 9.64 Å². The zero-order valence-corrected chi connectivity index (χ0v) is 13.5. The number of hydrogen-bond donors (Lipinski definition) is 0. The van der Waals surface area contributed by atoms with E-state index in [2.05, 4.69) is 42.6 Å². The quantitative estimate of drug-likeness (QED) is 0.724. The highest BCUT2D eigenvalue weighted by atomic mass is 19.1. The second-order valence-electron chi connectivity index (χ2n) is 5.65. The van der Waals surface area contributed by atoms with Crippen LogP contribution in [0.25, 0.3) is 0 Å². The molecular weight excluding hydrogens is 269 g/mol. The molecule has 0 aliphatic rings. The third-order valence-corrected chi connectivity index (χ3v) is 3.02. The summed E-state index contributed by atoms with van der Waals surface area (Å²) in [5.74, 6) is 6.16. The summed E-state index contributed by atoms with van der Waals surface area (Å²) in [6, 6.07) is 0. The highest BCUT2D eigenvalue weighted by molar-refractivity contribution is 5.42. The molecule has 0 bridgehead atoms. The van der Waals surface area contributed by atoms with E-state index in [0.717, 1.165) is 13.0 Å². The van der Waals surface area contributed by atoms with Crippen molar-refractivity contribution in [1.82, 2.24) is 9.97 Å². The fraction of sp³-hybridized carbons (Fsp3) is 0.625. The third-order valence-electron chi connectivity index (χ3n) is 3.02. The lowest BCUT2D eigenvalue weighted by molar-refractivity contribution is 0.330. The summed E-state index contributed by atoms with van der Waals surface area (Å²) in [4.78, 5) is 9.65. The van der Waals surface area contributed by atoms with Crippen molar-refractivity contribution in [1.29, 1.82) is 0 Å². The topological polar surface area (TPSA) is 38.3 Å². The molecule has 5 heteroatoms. The number of hydrogen-bond acceptors (Lipinski definition) is 4. The van der Waals surface area contributed by atoms with Gasteiger partial charge in [-0.3, -0.25) is 0 Å². The van der Waals surface area contributed by atoms with Gasteiger partial charge in [0.1, 0.15) is 6.33 Å². The first kappa shape index (κ1) is 17.2. The van der Waals surface area contributed by atoms with Gasteiger partial charge in [0.25, 0.3) is 5.88 Å². The molecule has 0 N–H and O–H groups in total. The van der Waals surface area contributed by atoms with Gasteiger partial charge in [0.15, 0.2) is 12.4 Å². The highest BCUT2D eigenvalue weighted by Gasteiger charge is 2.17. The van der Waals surface area contributed by atoms with Crippen LogP contribution >= 0.6 is 0 Å². The van der Waals surface area contributed by atoms with Crippen molar-refractivity contribution in [3.8, 4) is 17.7 Å². The largest absolute Gasteiger partial charge is 0.462 e. The van der Waals surface area contributed by atoms with E-state index in [9.17, 15) is 4.39 Å². The van der Waals surface area contributed by atoms with Crippen LogP contribution in [0, 0.1) is 29.5 Å². The molecule has 0 saturated carbocycles. The predicted molar refractivity (Wildman–Crippen MR) is 82.8 cm³/mol. The molecule has 1 aromatic rings. The van der Waals surface area contributed by atoms with E-state index < -0.39 is 5.82 Å². The monoisotopic (exact) mass is 293 g/mol. The minimum absolute atomic E-state index is 0.0499. The van der Waals surface area contributed by atoms with Crippen LogP contribution in [-0.4, -0.2) is 30.2 Å². The van der Waals surface area contributed by atoms with Gasteiger partial charge in [-0.05, 0) is 25.2 Å². The molecule has 1 unspecified atom stereocenters. The molecule has 1 rings (SSSR count). The van der Waals surface area contributed by atoms with E-state index in [1.54, 1.807) is 6.92 Å². The average molecular weight is 293 g/mol. The highest BCUT2D eigenvalue weighted by Crippen LogP contribution is 2.23. The van der Waals surface area contributed by atoms with Gasteiger partial charge in [-0.15, -0.1) is 5.92 Å². The predicted octanol–water partition coefficient (Wildman–Crippen LogP) is 3.14. The number of aromatic nitrogens is 2. The average Bonchev–Trinajstić information content (AvgIpc) is 2.39. The van der Waals surface area contributed by atoms with Gasteiger partial charge in [-0.25, -0.2) is 4.98 Å². The third kappa shape index (κ3) is 5.58. The fourth-order valence-corrected chi connectivity index (χ4v) is 2.32. The normalized spacial score (nSPS) is 11.8. The second kappa shape index (κ2) is 8.46. The molecule has 0 aliphatic carbocycles.